The first kappa shape index (κ1) is 22.8. The third-order valence-electron chi connectivity index (χ3n) is 4.31. The highest BCUT2D eigenvalue weighted by Gasteiger charge is 2.25. The van der Waals surface area contributed by atoms with E-state index in [1.54, 1.807) is 33.4 Å². The van der Waals surface area contributed by atoms with Crippen molar-refractivity contribution >= 4 is 29.9 Å². The van der Waals surface area contributed by atoms with E-state index < -0.39 is 0 Å². The summed E-state index contributed by atoms with van der Waals surface area (Å²) in [5, 5.41) is 13.3. The smallest absolute Gasteiger partial charge is 0.193 e. The number of hydrogen-bond donors (Lipinski definition) is 2. The molecule has 26 heavy (non-hydrogen) atoms. The molecular weight excluding hydrogens is 449 g/mol. The topological polar surface area (TPSA) is 75.6 Å². The summed E-state index contributed by atoms with van der Waals surface area (Å²) < 4.78 is 15.8. The van der Waals surface area contributed by atoms with Crippen molar-refractivity contribution in [2.24, 2.45) is 10.9 Å². The summed E-state index contributed by atoms with van der Waals surface area (Å²) in [4.78, 5) is 6.58. The van der Waals surface area contributed by atoms with E-state index >= 15 is 0 Å². The fourth-order valence-electron chi connectivity index (χ4n) is 2.89. The maximum atomic E-state index is 9.99. The molecule has 1 saturated heterocycles. The lowest BCUT2D eigenvalue weighted by Crippen LogP contribution is -2.39. The highest BCUT2D eigenvalue weighted by molar-refractivity contribution is 14.0. The second-order valence-corrected chi connectivity index (χ2v) is 6.06. The zero-order valence-electron chi connectivity index (χ0n) is 15.7. The van der Waals surface area contributed by atoms with E-state index in [1.165, 1.54) is 0 Å². The summed E-state index contributed by atoms with van der Waals surface area (Å²) in [5.41, 5.74) is 0.777. The molecule has 1 heterocycles. The van der Waals surface area contributed by atoms with Gasteiger partial charge in [0.05, 0.1) is 26.9 Å². The number of halogens is 1. The third kappa shape index (κ3) is 6.81. The molecule has 8 heteroatoms. The minimum absolute atomic E-state index is 0. The molecular formula is C18H30IN3O4. The van der Waals surface area contributed by atoms with Gasteiger partial charge >= 0.3 is 0 Å². The molecule has 2 N–H and O–H groups in total. The van der Waals surface area contributed by atoms with E-state index in [-0.39, 0.29) is 29.7 Å². The van der Waals surface area contributed by atoms with Crippen LogP contribution in [0, 0.1) is 5.92 Å². The fourth-order valence-corrected chi connectivity index (χ4v) is 2.89. The van der Waals surface area contributed by atoms with Crippen LogP contribution >= 0.6 is 24.0 Å². The van der Waals surface area contributed by atoms with Gasteiger partial charge in [0.2, 0.25) is 0 Å². The number of guanidine groups is 1. The normalized spacial score (nSPS) is 17.1. The predicted molar refractivity (Wildman–Crippen MR) is 113 cm³/mol. The maximum Gasteiger partial charge on any atom is 0.193 e. The lowest BCUT2D eigenvalue weighted by Gasteiger charge is -2.22. The number of methoxy groups -OCH3 is 2. The Morgan fingerprint density at radius 1 is 1.35 bits per heavy atom. The number of hydrogen-bond acceptors (Lipinski definition) is 5. The summed E-state index contributed by atoms with van der Waals surface area (Å²) in [6.07, 6.45) is 1.08. The van der Waals surface area contributed by atoms with Gasteiger partial charge in [-0.15, -0.1) is 24.0 Å². The first-order chi connectivity index (χ1) is 12.2. The molecule has 148 valence electrons. The molecule has 1 aromatic carbocycles. The average Bonchev–Trinajstić information content (AvgIpc) is 3.09. The maximum absolute atomic E-state index is 9.99. The lowest BCUT2D eigenvalue weighted by atomic mass is 10.1. The van der Waals surface area contributed by atoms with E-state index in [4.69, 9.17) is 14.2 Å². The molecule has 0 radical (unpaired) electrons. The Hall–Kier alpha value is -1.26. The number of phenolic OH excluding ortho intramolecular Hbond substituents is 1. The van der Waals surface area contributed by atoms with Gasteiger partial charge in [0, 0.05) is 45.3 Å². The quantitative estimate of drug-likeness (QED) is 0.258. The van der Waals surface area contributed by atoms with Crippen molar-refractivity contribution in [1.82, 2.24) is 10.2 Å². The lowest BCUT2D eigenvalue weighted by molar-refractivity contribution is 0.0536. The standard InChI is InChI=1S/C18H29N3O4.HI/c1-19-18(20-11-15-10-16(24-3)4-5-17(15)22)21-7-6-14(12-21)13-25-9-8-23-2;/h4-5,10,14,22H,6-9,11-13H2,1-3H3,(H,19,20);1H. The van der Waals surface area contributed by atoms with Gasteiger partial charge in [0.25, 0.3) is 0 Å². The number of nitrogens with zero attached hydrogens (tertiary/aromatic N) is 2. The Kier molecular flexibility index (Phi) is 10.7. The number of ether oxygens (including phenoxy) is 3. The number of phenols is 1. The van der Waals surface area contributed by atoms with Crippen molar-refractivity contribution in [3.8, 4) is 11.5 Å². The molecule has 0 saturated carbocycles. The highest BCUT2D eigenvalue weighted by Crippen LogP contribution is 2.23. The Morgan fingerprint density at radius 3 is 2.85 bits per heavy atom. The molecule has 7 nitrogen and oxygen atoms in total. The van der Waals surface area contributed by atoms with E-state index in [0.29, 0.717) is 25.7 Å². The molecule has 1 aliphatic rings. The molecule has 1 atom stereocenters. The molecule has 1 unspecified atom stereocenters. The second-order valence-electron chi connectivity index (χ2n) is 6.06. The predicted octanol–water partition coefficient (Wildman–Crippen LogP) is 2.08. The van der Waals surface area contributed by atoms with Gasteiger partial charge < -0.3 is 29.5 Å². The average molecular weight is 479 g/mol. The summed E-state index contributed by atoms with van der Waals surface area (Å²) in [6, 6.07) is 5.20. The Morgan fingerprint density at radius 2 is 2.15 bits per heavy atom. The van der Waals surface area contributed by atoms with Crippen LogP contribution in [0.25, 0.3) is 0 Å². The van der Waals surface area contributed by atoms with Crippen molar-refractivity contribution in [3.63, 3.8) is 0 Å². The minimum atomic E-state index is 0. The van der Waals surface area contributed by atoms with Crippen molar-refractivity contribution in [1.29, 1.82) is 0 Å². The Labute approximate surface area is 172 Å². The van der Waals surface area contributed by atoms with Gasteiger partial charge in [-0.25, -0.2) is 0 Å². The van der Waals surface area contributed by atoms with Gasteiger partial charge in [-0.2, -0.15) is 0 Å². The van der Waals surface area contributed by atoms with Crippen LogP contribution in [0.4, 0.5) is 0 Å². The van der Waals surface area contributed by atoms with Crippen LogP contribution < -0.4 is 10.1 Å². The molecule has 0 aromatic heterocycles. The van der Waals surface area contributed by atoms with E-state index in [9.17, 15) is 5.11 Å². The van der Waals surface area contributed by atoms with Crippen molar-refractivity contribution in [3.05, 3.63) is 23.8 Å². The van der Waals surface area contributed by atoms with Crippen molar-refractivity contribution in [2.75, 3.05) is 54.2 Å². The van der Waals surface area contributed by atoms with Crippen molar-refractivity contribution in [2.45, 2.75) is 13.0 Å². The third-order valence-corrected chi connectivity index (χ3v) is 4.31. The monoisotopic (exact) mass is 479 g/mol. The molecule has 0 spiro atoms. The van der Waals surface area contributed by atoms with Crippen LogP contribution in [0.5, 0.6) is 11.5 Å². The zero-order valence-corrected chi connectivity index (χ0v) is 18.1. The second kappa shape index (κ2) is 12.2. The Balaban J connectivity index is 0.00000338. The van der Waals surface area contributed by atoms with E-state index in [2.05, 4.69) is 15.2 Å². The summed E-state index contributed by atoms with van der Waals surface area (Å²) in [5.74, 6) is 2.30. The number of aliphatic imine (C=N–C) groups is 1. The number of nitrogens with one attached hydrogen (secondary N) is 1. The molecule has 0 amide bonds. The fraction of sp³-hybridized carbons (Fsp3) is 0.611. The Bertz CT molecular complexity index is 571. The number of benzene rings is 1. The largest absolute Gasteiger partial charge is 0.508 e. The first-order valence-corrected chi connectivity index (χ1v) is 8.56. The van der Waals surface area contributed by atoms with Crippen LogP contribution in [0.2, 0.25) is 0 Å². The van der Waals surface area contributed by atoms with Crippen LogP contribution in [0.3, 0.4) is 0 Å². The van der Waals surface area contributed by atoms with Crippen molar-refractivity contribution < 1.29 is 19.3 Å². The molecule has 0 aliphatic carbocycles. The summed E-state index contributed by atoms with van der Waals surface area (Å²) in [7, 11) is 5.06. The number of aromatic hydroxyl groups is 1. The molecule has 1 aromatic rings. The van der Waals surface area contributed by atoms with Crippen LogP contribution in [0.15, 0.2) is 23.2 Å². The summed E-state index contributed by atoms with van der Waals surface area (Å²) in [6.45, 7) is 4.35. The van der Waals surface area contributed by atoms with Gasteiger partial charge in [0.1, 0.15) is 11.5 Å². The van der Waals surface area contributed by atoms with E-state index in [1.807, 2.05) is 6.07 Å². The SMILES string of the molecule is CN=C(NCc1cc(OC)ccc1O)N1CCC(COCCOC)C1.I. The minimum Gasteiger partial charge on any atom is -0.508 e. The molecule has 2 rings (SSSR count). The zero-order chi connectivity index (χ0) is 18.1. The van der Waals surface area contributed by atoms with Crippen LogP contribution in [-0.2, 0) is 16.0 Å². The molecule has 0 bridgehead atoms. The number of likely N-dealkylation sites (tertiary alicyclic amines) is 1. The molecule has 1 fully saturated rings. The molecule has 1 aliphatic heterocycles. The van der Waals surface area contributed by atoms with Crippen LogP contribution in [-0.4, -0.2) is 70.1 Å². The van der Waals surface area contributed by atoms with Gasteiger partial charge in [-0.05, 0) is 24.6 Å². The van der Waals surface area contributed by atoms with E-state index in [0.717, 1.165) is 43.4 Å². The van der Waals surface area contributed by atoms with Gasteiger partial charge in [0.15, 0.2) is 5.96 Å². The van der Waals surface area contributed by atoms with Gasteiger partial charge in [-0.1, -0.05) is 0 Å². The number of rotatable bonds is 8. The highest BCUT2D eigenvalue weighted by atomic mass is 127. The van der Waals surface area contributed by atoms with Crippen LogP contribution in [0.1, 0.15) is 12.0 Å². The van der Waals surface area contributed by atoms with Gasteiger partial charge in [-0.3, -0.25) is 4.99 Å². The first-order valence-electron chi connectivity index (χ1n) is 8.56. The summed E-state index contributed by atoms with van der Waals surface area (Å²) >= 11 is 0.